The summed E-state index contributed by atoms with van der Waals surface area (Å²) in [5, 5.41) is 6.62. The Balaban J connectivity index is 1.67. The van der Waals surface area contributed by atoms with Gasteiger partial charge in [0.2, 0.25) is 0 Å². The fraction of sp³-hybridized carbons (Fsp3) is 0.143. The number of pyridine rings is 1. The second kappa shape index (κ2) is 9.10. The topological polar surface area (TPSA) is 72.5 Å². The second-order valence-corrected chi connectivity index (χ2v) is 6.41. The number of carbonyl (C=O) groups is 1. The van der Waals surface area contributed by atoms with Crippen molar-refractivity contribution in [2.45, 2.75) is 6.54 Å². The highest BCUT2D eigenvalue weighted by molar-refractivity contribution is 6.30. The maximum Gasteiger partial charge on any atom is 0.257 e. The number of carbonyl (C=O) groups excluding carboxylic acids is 1. The van der Waals surface area contributed by atoms with Gasteiger partial charge in [-0.05, 0) is 42.0 Å². The SMILES string of the molecule is COc1ccc(CNc2cncc(C(=O)Nc3cccc(Cl)c3)c2)cc1OC. The van der Waals surface area contributed by atoms with Crippen LogP contribution in [-0.2, 0) is 6.54 Å². The molecule has 0 aliphatic heterocycles. The first kappa shape index (κ1) is 19.5. The lowest BCUT2D eigenvalue weighted by molar-refractivity contribution is 0.102. The van der Waals surface area contributed by atoms with Crippen molar-refractivity contribution in [1.29, 1.82) is 0 Å². The highest BCUT2D eigenvalue weighted by Gasteiger charge is 2.09. The van der Waals surface area contributed by atoms with Gasteiger partial charge in [0, 0.05) is 29.6 Å². The maximum atomic E-state index is 12.5. The molecule has 0 saturated heterocycles. The molecule has 0 fully saturated rings. The number of methoxy groups -OCH3 is 2. The summed E-state index contributed by atoms with van der Waals surface area (Å²) in [7, 11) is 3.20. The lowest BCUT2D eigenvalue weighted by Gasteiger charge is -2.11. The molecule has 1 aromatic heterocycles. The number of aromatic nitrogens is 1. The van der Waals surface area contributed by atoms with Gasteiger partial charge in [-0.1, -0.05) is 23.7 Å². The number of benzene rings is 2. The van der Waals surface area contributed by atoms with E-state index in [-0.39, 0.29) is 5.91 Å². The Morgan fingerprint density at radius 3 is 2.57 bits per heavy atom. The molecular formula is C21H20ClN3O3. The van der Waals surface area contributed by atoms with Crippen molar-refractivity contribution in [3.63, 3.8) is 0 Å². The first-order valence-corrected chi connectivity index (χ1v) is 8.93. The molecule has 0 radical (unpaired) electrons. The fourth-order valence-electron chi connectivity index (χ4n) is 2.63. The van der Waals surface area contributed by atoms with Gasteiger partial charge in [0.25, 0.3) is 5.91 Å². The summed E-state index contributed by atoms with van der Waals surface area (Å²) in [5.74, 6) is 1.08. The molecule has 0 aliphatic carbocycles. The van der Waals surface area contributed by atoms with Crippen LogP contribution in [0.4, 0.5) is 11.4 Å². The first-order valence-electron chi connectivity index (χ1n) is 8.56. The molecule has 1 heterocycles. The van der Waals surface area contributed by atoms with Crippen molar-refractivity contribution in [2.24, 2.45) is 0 Å². The predicted octanol–water partition coefficient (Wildman–Crippen LogP) is 4.62. The third-order valence-electron chi connectivity index (χ3n) is 4.03. The van der Waals surface area contributed by atoms with Gasteiger partial charge in [-0.15, -0.1) is 0 Å². The lowest BCUT2D eigenvalue weighted by atomic mass is 10.2. The molecule has 144 valence electrons. The van der Waals surface area contributed by atoms with Crippen LogP contribution in [-0.4, -0.2) is 25.1 Å². The fourth-order valence-corrected chi connectivity index (χ4v) is 2.82. The van der Waals surface area contributed by atoms with E-state index in [1.807, 2.05) is 18.2 Å². The number of amides is 1. The Kier molecular flexibility index (Phi) is 6.34. The van der Waals surface area contributed by atoms with Crippen molar-refractivity contribution in [3.8, 4) is 11.5 Å². The zero-order valence-electron chi connectivity index (χ0n) is 15.5. The molecule has 0 saturated carbocycles. The van der Waals surface area contributed by atoms with E-state index in [4.69, 9.17) is 21.1 Å². The number of rotatable bonds is 7. The zero-order chi connectivity index (χ0) is 19.9. The molecule has 7 heteroatoms. The van der Waals surface area contributed by atoms with Crippen molar-refractivity contribution in [3.05, 3.63) is 77.1 Å². The Labute approximate surface area is 168 Å². The molecule has 0 bridgehead atoms. The van der Waals surface area contributed by atoms with Crippen LogP contribution >= 0.6 is 11.6 Å². The van der Waals surface area contributed by atoms with Crippen LogP contribution in [0.2, 0.25) is 5.02 Å². The minimum atomic E-state index is -0.260. The van der Waals surface area contributed by atoms with Crippen molar-refractivity contribution < 1.29 is 14.3 Å². The molecule has 3 rings (SSSR count). The van der Waals surface area contributed by atoms with Gasteiger partial charge in [0.1, 0.15) is 0 Å². The van der Waals surface area contributed by atoms with E-state index in [0.29, 0.717) is 34.3 Å². The summed E-state index contributed by atoms with van der Waals surface area (Å²) in [6.07, 6.45) is 3.18. The predicted molar refractivity (Wildman–Crippen MR) is 111 cm³/mol. The molecular weight excluding hydrogens is 378 g/mol. The standard InChI is InChI=1S/C21H20ClN3O3/c1-27-19-7-6-14(8-20(19)28-2)11-24-18-9-15(12-23-13-18)21(26)25-17-5-3-4-16(22)10-17/h3-10,12-13,24H,11H2,1-2H3,(H,25,26). The Morgan fingerprint density at radius 2 is 1.82 bits per heavy atom. The number of nitrogens with zero attached hydrogens (tertiary/aromatic N) is 1. The Bertz CT molecular complexity index is 979. The number of nitrogens with one attached hydrogen (secondary N) is 2. The number of hydrogen-bond donors (Lipinski definition) is 2. The van der Waals surface area contributed by atoms with Crippen LogP contribution in [0.15, 0.2) is 60.9 Å². The lowest BCUT2D eigenvalue weighted by Crippen LogP contribution is -2.12. The minimum absolute atomic E-state index is 0.260. The van der Waals surface area contributed by atoms with Gasteiger partial charge in [-0.25, -0.2) is 0 Å². The van der Waals surface area contributed by atoms with Gasteiger partial charge in [-0.3, -0.25) is 9.78 Å². The molecule has 0 spiro atoms. The molecule has 3 aromatic rings. The third kappa shape index (κ3) is 4.92. The number of anilines is 2. The van der Waals surface area contributed by atoms with Crippen LogP contribution < -0.4 is 20.1 Å². The second-order valence-electron chi connectivity index (χ2n) is 5.97. The smallest absolute Gasteiger partial charge is 0.257 e. The number of hydrogen-bond acceptors (Lipinski definition) is 5. The summed E-state index contributed by atoms with van der Waals surface area (Å²) in [6, 6.07) is 14.4. The monoisotopic (exact) mass is 397 g/mol. The quantitative estimate of drug-likeness (QED) is 0.608. The van der Waals surface area contributed by atoms with E-state index in [9.17, 15) is 4.79 Å². The van der Waals surface area contributed by atoms with Crippen molar-refractivity contribution >= 4 is 28.9 Å². The van der Waals surface area contributed by atoms with Gasteiger partial charge in [0.15, 0.2) is 11.5 Å². The van der Waals surface area contributed by atoms with Crippen LogP contribution in [0, 0.1) is 0 Å². The zero-order valence-corrected chi connectivity index (χ0v) is 16.3. The summed E-state index contributed by atoms with van der Waals surface area (Å²) < 4.78 is 10.6. The van der Waals surface area contributed by atoms with E-state index in [1.54, 1.807) is 50.7 Å². The number of ether oxygens (including phenoxy) is 2. The van der Waals surface area contributed by atoms with E-state index in [0.717, 1.165) is 11.3 Å². The third-order valence-corrected chi connectivity index (χ3v) is 4.26. The minimum Gasteiger partial charge on any atom is -0.493 e. The highest BCUT2D eigenvalue weighted by Crippen LogP contribution is 2.27. The van der Waals surface area contributed by atoms with Gasteiger partial charge in [0.05, 0.1) is 25.5 Å². The molecule has 0 unspecified atom stereocenters. The summed E-state index contributed by atoms with van der Waals surface area (Å²) in [4.78, 5) is 16.6. The average molecular weight is 398 g/mol. The van der Waals surface area contributed by atoms with E-state index in [1.165, 1.54) is 6.20 Å². The summed E-state index contributed by atoms with van der Waals surface area (Å²) in [5.41, 5.74) is 2.80. The maximum absolute atomic E-state index is 12.5. The van der Waals surface area contributed by atoms with Crippen LogP contribution in [0.5, 0.6) is 11.5 Å². The van der Waals surface area contributed by atoms with Crippen molar-refractivity contribution in [1.82, 2.24) is 4.98 Å². The largest absolute Gasteiger partial charge is 0.493 e. The molecule has 1 amide bonds. The number of halogens is 1. The summed E-state index contributed by atoms with van der Waals surface area (Å²) >= 11 is 5.95. The molecule has 2 aromatic carbocycles. The Morgan fingerprint density at radius 1 is 1.00 bits per heavy atom. The molecule has 28 heavy (non-hydrogen) atoms. The van der Waals surface area contributed by atoms with Gasteiger partial charge < -0.3 is 20.1 Å². The Hall–Kier alpha value is -3.25. The van der Waals surface area contributed by atoms with Crippen LogP contribution in [0.25, 0.3) is 0 Å². The van der Waals surface area contributed by atoms with E-state index >= 15 is 0 Å². The first-order chi connectivity index (χ1) is 13.6. The van der Waals surface area contributed by atoms with Crippen LogP contribution in [0.1, 0.15) is 15.9 Å². The summed E-state index contributed by atoms with van der Waals surface area (Å²) in [6.45, 7) is 0.543. The van der Waals surface area contributed by atoms with E-state index < -0.39 is 0 Å². The van der Waals surface area contributed by atoms with Gasteiger partial charge in [-0.2, -0.15) is 0 Å². The normalized spacial score (nSPS) is 10.2. The van der Waals surface area contributed by atoms with Gasteiger partial charge >= 0.3 is 0 Å². The molecule has 0 atom stereocenters. The van der Waals surface area contributed by atoms with Crippen molar-refractivity contribution in [2.75, 3.05) is 24.9 Å². The highest BCUT2D eigenvalue weighted by atomic mass is 35.5. The molecule has 2 N–H and O–H groups in total. The average Bonchev–Trinajstić information content (AvgIpc) is 2.72. The molecule has 0 aliphatic rings. The van der Waals surface area contributed by atoms with E-state index in [2.05, 4.69) is 15.6 Å². The van der Waals surface area contributed by atoms with Crippen LogP contribution in [0.3, 0.4) is 0 Å². The molecule has 6 nitrogen and oxygen atoms in total.